The fourth-order valence-electron chi connectivity index (χ4n) is 3.58. The van der Waals surface area contributed by atoms with Crippen LogP contribution in [0.2, 0.25) is 0 Å². The molecule has 4 heteroatoms. The first kappa shape index (κ1) is 12.0. The molecule has 2 aliphatic rings. The molecule has 2 atom stereocenters. The van der Waals surface area contributed by atoms with Crippen LogP contribution < -0.4 is 5.32 Å². The zero-order valence-electron chi connectivity index (χ0n) is 11.5. The van der Waals surface area contributed by atoms with Crippen molar-refractivity contribution in [3.8, 4) is 0 Å². The standard InChI is InChI=1S/C14H23N3O/c1-4-18-12-8-11(14(12)6-5-7-14)15-13-9(2)16-17-10(13)3/h11-12,15H,4-8H2,1-3H3,(H,16,17). The molecule has 2 unspecified atom stereocenters. The first-order valence-corrected chi connectivity index (χ1v) is 7.07. The molecule has 2 N–H and O–H groups in total. The van der Waals surface area contributed by atoms with E-state index in [0.717, 1.165) is 24.4 Å². The van der Waals surface area contributed by atoms with Gasteiger partial charge in [-0.25, -0.2) is 0 Å². The Bertz CT molecular complexity index is 417. The number of hydrogen-bond donors (Lipinski definition) is 2. The number of ether oxygens (including phenoxy) is 1. The molecule has 0 radical (unpaired) electrons. The molecule has 4 nitrogen and oxygen atoms in total. The first-order valence-electron chi connectivity index (χ1n) is 7.07. The SMILES string of the molecule is CCOC1CC(Nc2c(C)n[nH]c2C)C12CCC2. The van der Waals surface area contributed by atoms with Gasteiger partial charge in [0, 0.05) is 18.1 Å². The van der Waals surface area contributed by atoms with E-state index in [-0.39, 0.29) is 0 Å². The van der Waals surface area contributed by atoms with Crippen LogP contribution >= 0.6 is 0 Å². The summed E-state index contributed by atoms with van der Waals surface area (Å²) >= 11 is 0. The number of aromatic amines is 1. The molecule has 18 heavy (non-hydrogen) atoms. The molecular formula is C14H23N3O. The van der Waals surface area contributed by atoms with Gasteiger partial charge in [-0.05, 0) is 40.0 Å². The molecule has 3 rings (SSSR count). The number of rotatable bonds is 4. The van der Waals surface area contributed by atoms with Gasteiger partial charge in [-0.15, -0.1) is 0 Å². The van der Waals surface area contributed by atoms with Gasteiger partial charge in [0.25, 0.3) is 0 Å². The normalized spacial score (nSPS) is 28.8. The Morgan fingerprint density at radius 3 is 2.72 bits per heavy atom. The molecule has 1 aromatic rings. The minimum absolute atomic E-state index is 0.409. The highest BCUT2D eigenvalue weighted by Gasteiger charge is 2.59. The largest absolute Gasteiger partial charge is 0.379 e. The van der Waals surface area contributed by atoms with Crippen LogP contribution in [0.4, 0.5) is 5.69 Å². The van der Waals surface area contributed by atoms with Gasteiger partial charge in [-0.1, -0.05) is 6.42 Å². The summed E-state index contributed by atoms with van der Waals surface area (Å²) in [6.07, 6.45) is 5.58. The quantitative estimate of drug-likeness (QED) is 0.862. The Morgan fingerprint density at radius 2 is 2.22 bits per heavy atom. The summed E-state index contributed by atoms with van der Waals surface area (Å²) in [5.74, 6) is 0. The summed E-state index contributed by atoms with van der Waals surface area (Å²) in [5.41, 5.74) is 3.82. The highest BCUT2D eigenvalue weighted by molar-refractivity contribution is 5.53. The molecule has 0 aromatic carbocycles. The smallest absolute Gasteiger partial charge is 0.0825 e. The Morgan fingerprint density at radius 1 is 1.44 bits per heavy atom. The Hall–Kier alpha value is -1.03. The van der Waals surface area contributed by atoms with E-state index in [4.69, 9.17) is 4.74 Å². The minimum Gasteiger partial charge on any atom is -0.379 e. The molecule has 100 valence electrons. The van der Waals surface area contributed by atoms with Crippen molar-refractivity contribution in [3.05, 3.63) is 11.4 Å². The van der Waals surface area contributed by atoms with E-state index in [1.165, 1.54) is 24.9 Å². The maximum absolute atomic E-state index is 5.88. The molecular weight excluding hydrogens is 226 g/mol. The summed E-state index contributed by atoms with van der Waals surface area (Å²) in [5, 5.41) is 11.0. The van der Waals surface area contributed by atoms with Crippen LogP contribution in [-0.2, 0) is 4.74 Å². The van der Waals surface area contributed by atoms with Gasteiger partial charge in [0.05, 0.1) is 23.2 Å². The molecule has 2 saturated carbocycles. The Kier molecular flexibility index (Phi) is 2.85. The lowest BCUT2D eigenvalue weighted by Crippen LogP contribution is -2.64. The van der Waals surface area contributed by atoms with Crippen molar-refractivity contribution < 1.29 is 4.74 Å². The maximum Gasteiger partial charge on any atom is 0.0825 e. The second kappa shape index (κ2) is 4.26. The highest BCUT2D eigenvalue weighted by Crippen LogP contribution is 2.58. The van der Waals surface area contributed by atoms with E-state index < -0.39 is 0 Å². The Labute approximate surface area is 108 Å². The third-order valence-corrected chi connectivity index (χ3v) is 4.88. The lowest BCUT2D eigenvalue weighted by atomic mass is 9.51. The van der Waals surface area contributed by atoms with Crippen LogP contribution in [0.5, 0.6) is 0 Å². The van der Waals surface area contributed by atoms with Crippen LogP contribution in [0.3, 0.4) is 0 Å². The third-order valence-electron chi connectivity index (χ3n) is 4.88. The van der Waals surface area contributed by atoms with Crippen molar-refractivity contribution in [1.82, 2.24) is 10.2 Å². The summed E-state index contributed by atoms with van der Waals surface area (Å²) in [6.45, 7) is 7.06. The molecule has 0 bridgehead atoms. The van der Waals surface area contributed by atoms with Crippen LogP contribution in [0.1, 0.15) is 44.0 Å². The predicted octanol–water partition coefficient (Wildman–Crippen LogP) is 2.79. The van der Waals surface area contributed by atoms with Crippen LogP contribution in [0, 0.1) is 19.3 Å². The lowest BCUT2D eigenvalue weighted by molar-refractivity contribution is -0.157. The number of nitrogens with zero attached hydrogens (tertiary/aromatic N) is 1. The summed E-state index contributed by atoms with van der Waals surface area (Å²) in [4.78, 5) is 0. The number of hydrogen-bond acceptors (Lipinski definition) is 3. The van der Waals surface area contributed by atoms with Gasteiger partial charge in [0.1, 0.15) is 0 Å². The van der Waals surface area contributed by atoms with Crippen molar-refractivity contribution in [2.75, 3.05) is 11.9 Å². The zero-order valence-corrected chi connectivity index (χ0v) is 11.5. The monoisotopic (exact) mass is 249 g/mol. The molecule has 1 aromatic heterocycles. The average molecular weight is 249 g/mol. The zero-order chi connectivity index (χ0) is 12.8. The third kappa shape index (κ3) is 1.58. The van der Waals surface area contributed by atoms with Crippen molar-refractivity contribution >= 4 is 5.69 Å². The minimum atomic E-state index is 0.409. The molecule has 0 saturated heterocycles. The molecule has 0 aliphatic heterocycles. The van der Waals surface area contributed by atoms with Gasteiger partial charge in [-0.2, -0.15) is 5.10 Å². The van der Waals surface area contributed by atoms with Gasteiger partial charge in [-0.3, -0.25) is 5.10 Å². The van der Waals surface area contributed by atoms with Gasteiger partial charge in [0.2, 0.25) is 0 Å². The topological polar surface area (TPSA) is 49.9 Å². The number of aryl methyl sites for hydroxylation is 2. The van der Waals surface area contributed by atoms with E-state index in [1.807, 2.05) is 0 Å². The molecule has 0 amide bonds. The van der Waals surface area contributed by atoms with E-state index in [0.29, 0.717) is 17.6 Å². The van der Waals surface area contributed by atoms with E-state index in [1.54, 1.807) is 0 Å². The van der Waals surface area contributed by atoms with Crippen molar-refractivity contribution in [3.63, 3.8) is 0 Å². The summed E-state index contributed by atoms with van der Waals surface area (Å²) in [7, 11) is 0. The lowest BCUT2D eigenvalue weighted by Gasteiger charge is -2.61. The highest BCUT2D eigenvalue weighted by atomic mass is 16.5. The fraction of sp³-hybridized carbons (Fsp3) is 0.786. The van der Waals surface area contributed by atoms with Crippen LogP contribution in [-0.4, -0.2) is 29.0 Å². The van der Waals surface area contributed by atoms with E-state index in [9.17, 15) is 0 Å². The molecule has 2 aliphatic carbocycles. The molecule has 2 fully saturated rings. The van der Waals surface area contributed by atoms with Crippen LogP contribution in [0.25, 0.3) is 0 Å². The van der Waals surface area contributed by atoms with E-state index >= 15 is 0 Å². The number of aromatic nitrogens is 2. The number of nitrogens with one attached hydrogen (secondary N) is 2. The van der Waals surface area contributed by atoms with Crippen LogP contribution in [0.15, 0.2) is 0 Å². The van der Waals surface area contributed by atoms with Crippen molar-refractivity contribution in [2.45, 2.75) is 58.6 Å². The average Bonchev–Trinajstić information content (AvgIpc) is 2.56. The molecule has 1 spiro atoms. The van der Waals surface area contributed by atoms with Crippen molar-refractivity contribution in [2.24, 2.45) is 5.41 Å². The van der Waals surface area contributed by atoms with Gasteiger partial charge < -0.3 is 10.1 Å². The maximum atomic E-state index is 5.88. The van der Waals surface area contributed by atoms with E-state index in [2.05, 4.69) is 36.3 Å². The summed E-state index contributed by atoms with van der Waals surface area (Å²) in [6, 6.07) is 0.567. The fourth-order valence-corrected chi connectivity index (χ4v) is 3.58. The second-order valence-corrected chi connectivity index (χ2v) is 5.77. The first-order chi connectivity index (χ1) is 8.67. The summed E-state index contributed by atoms with van der Waals surface area (Å²) < 4.78 is 5.88. The number of H-pyrrole nitrogens is 1. The molecule has 1 heterocycles. The second-order valence-electron chi connectivity index (χ2n) is 5.77. The number of anilines is 1. The predicted molar refractivity (Wildman–Crippen MR) is 71.8 cm³/mol. The van der Waals surface area contributed by atoms with Gasteiger partial charge >= 0.3 is 0 Å². The van der Waals surface area contributed by atoms with Gasteiger partial charge in [0.15, 0.2) is 0 Å². The Balaban J connectivity index is 1.72. The van der Waals surface area contributed by atoms with Crippen molar-refractivity contribution in [1.29, 1.82) is 0 Å².